The van der Waals surface area contributed by atoms with Gasteiger partial charge < -0.3 is 24.2 Å². The molecule has 3 atom stereocenters. The maximum absolute atomic E-state index is 12.9. The molecule has 3 unspecified atom stereocenters. The first-order chi connectivity index (χ1) is 38.2. The molecule has 0 spiro atoms. The van der Waals surface area contributed by atoms with Gasteiger partial charge in [0.05, 0.1) is 19.8 Å². The van der Waals surface area contributed by atoms with Gasteiger partial charge in [-0.05, 0) is 122 Å². The van der Waals surface area contributed by atoms with E-state index in [-0.39, 0.29) is 25.9 Å². The van der Waals surface area contributed by atoms with Crippen LogP contribution in [-0.2, 0) is 42.2 Å². The van der Waals surface area contributed by atoms with Crippen LogP contribution in [0.25, 0.3) is 0 Å². The Kier molecular flexibility index (Phi) is 55.5. The standard InChI is InChI=1S/C66H107O11P/c1-4-7-10-13-16-19-22-25-28-31-34-37-40-43-46-49-52-55-64(68)73-59-63(77-66(70)57-54-51-48-45-42-39-36-33-30-27-24-21-18-15-12-9-6-3)61-75-78(71,72)74-60-62(58-67)76-65(69)56-53-50-47-44-41-38-35-32-29-26-23-20-17-14-11-8-5-2/h7-12,16-21,25-30,36,39,45,48,62-63,67H,4-6,13-15,22-24,31-35,37-38,40-44,46-47,49-61H2,1-3H3,(H,71,72)/b10-7-,11-8-,12-9-,19-16-,20-17-,21-18-,28-25-,29-26-,30-27-,39-36-,48-45-. The number of aliphatic hydroxyl groups is 1. The molecule has 2 N–H and O–H groups in total. The van der Waals surface area contributed by atoms with Gasteiger partial charge in [0.2, 0.25) is 0 Å². The van der Waals surface area contributed by atoms with Crippen LogP contribution in [0, 0.1) is 0 Å². The summed E-state index contributed by atoms with van der Waals surface area (Å²) in [6.45, 7) is 4.22. The number of carbonyl (C=O) groups is 3. The highest BCUT2D eigenvalue weighted by Crippen LogP contribution is 2.43. The molecule has 78 heavy (non-hydrogen) atoms. The number of aliphatic hydroxyl groups excluding tert-OH is 1. The van der Waals surface area contributed by atoms with E-state index in [0.29, 0.717) is 25.7 Å². The minimum atomic E-state index is -4.78. The molecule has 0 bridgehead atoms. The van der Waals surface area contributed by atoms with Crippen molar-refractivity contribution in [1.29, 1.82) is 0 Å². The zero-order valence-corrected chi connectivity index (χ0v) is 49.7. The number of esters is 3. The van der Waals surface area contributed by atoms with Crippen LogP contribution >= 0.6 is 7.82 Å². The summed E-state index contributed by atoms with van der Waals surface area (Å²) >= 11 is 0. The number of phosphoric acid groups is 1. The van der Waals surface area contributed by atoms with Crippen LogP contribution in [-0.4, -0.2) is 66.5 Å². The van der Waals surface area contributed by atoms with Gasteiger partial charge in [-0.25, -0.2) is 4.57 Å². The summed E-state index contributed by atoms with van der Waals surface area (Å²) in [4.78, 5) is 48.6. The van der Waals surface area contributed by atoms with Crippen LogP contribution in [0.1, 0.15) is 226 Å². The third kappa shape index (κ3) is 56.3. The summed E-state index contributed by atoms with van der Waals surface area (Å²) in [7, 11) is -4.78. The van der Waals surface area contributed by atoms with Gasteiger partial charge in [-0.15, -0.1) is 0 Å². The Hall–Kier alpha value is -4.38. The summed E-state index contributed by atoms with van der Waals surface area (Å²) in [5.41, 5.74) is 0. The molecule has 0 radical (unpaired) electrons. The number of ether oxygens (including phenoxy) is 3. The molecule has 12 heteroatoms. The van der Waals surface area contributed by atoms with Gasteiger partial charge in [-0.2, -0.15) is 0 Å². The molecule has 442 valence electrons. The topological polar surface area (TPSA) is 155 Å². The van der Waals surface area contributed by atoms with Gasteiger partial charge >= 0.3 is 25.7 Å². The maximum Gasteiger partial charge on any atom is 0.472 e. The van der Waals surface area contributed by atoms with Crippen molar-refractivity contribution in [3.05, 3.63) is 134 Å². The fourth-order valence-electron chi connectivity index (χ4n) is 7.60. The summed E-state index contributed by atoms with van der Waals surface area (Å²) in [6.07, 6.45) is 74.1. The molecule has 11 nitrogen and oxygen atoms in total. The van der Waals surface area contributed by atoms with Gasteiger partial charge in [0.15, 0.2) is 6.10 Å². The lowest BCUT2D eigenvalue weighted by atomic mass is 10.1. The van der Waals surface area contributed by atoms with Crippen LogP contribution in [0.15, 0.2) is 134 Å². The number of carbonyl (C=O) groups excluding carboxylic acids is 3. The summed E-state index contributed by atoms with van der Waals surface area (Å²) < 4.78 is 39.5. The third-order valence-electron chi connectivity index (χ3n) is 12.1. The number of allylic oxidation sites excluding steroid dienone is 22. The average Bonchev–Trinajstić information content (AvgIpc) is 3.43. The zero-order valence-electron chi connectivity index (χ0n) is 48.8. The van der Waals surface area contributed by atoms with Gasteiger partial charge in [0.1, 0.15) is 12.7 Å². The Morgan fingerprint density at radius 2 is 0.641 bits per heavy atom. The lowest BCUT2D eigenvalue weighted by Gasteiger charge is -2.21. The van der Waals surface area contributed by atoms with Gasteiger partial charge in [-0.1, -0.05) is 219 Å². The smallest absolute Gasteiger partial charge is 0.462 e. The molecule has 0 aliphatic carbocycles. The van der Waals surface area contributed by atoms with Crippen LogP contribution in [0.3, 0.4) is 0 Å². The van der Waals surface area contributed by atoms with Crippen molar-refractivity contribution in [3.63, 3.8) is 0 Å². The SMILES string of the molecule is CC/C=C\C/C=C\C/C=C\C/C=C\C/C=C\CCCC(=O)OC(COC(=O)CCCCCCCCC/C=C\C/C=C\C/C=C\CC)COP(=O)(O)OCC(CO)OC(=O)CCCCCCCCC/C=C\C/C=C\C/C=C\CC. The molecule has 0 rings (SSSR count). The van der Waals surface area contributed by atoms with Crippen LogP contribution in [0.4, 0.5) is 0 Å². The van der Waals surface area contributed by atoms with Crippen LogP contribution < -0.4 is 0 Å². The Bertz CT molecular complexity index is 1820. The second-order valence-corrected chi connectivity index (χ2v) is 20.8. The van der Waals surface area contributed by atoms with E-state index in [2.05, 4.69) is 142 Å². The maximum atomic E-state index is 12.9. The second kappa shape index (κ2) is 58.8. The highest BCUT2D eigenvalue weighted by molar-refractivity contribution is 7.47. The molecule has 0 amide bonds. The van der Waals surface area contributed by atoms with Gasteiger partial charge in [0, 0.05) is 19.3 Å². The Labute approximate surface area is 474 Å². The lowest BCUT2D eigenvalue weighted by molar-refractivity contribution is -0.161. The van der Waals surface area contributed by atoms with E-state index in [9.17, 15) is 28.9 Å². The van der Waals surface area contributed by atoms with Crippen molar-refractivity contribution in [2.45, 2.75) is 238 Å². The fourth-order valence-corrected chi connectivity index (χ4v) is 8.38. The van der Waals surface area contributed by atoms with Gasteiger partial charge in [-0.3, -0.25) is 23.4 Å². The number of phosphoric ester groups is 1. The van der Waals surface area contributed by atoms with Crippen molar-refractivity contribution in [2.24, 2.45) is 0 Å². The monoisotopic (exact) mass is 1110 g/mol. The van der Waals surface area contributed by atoms with E-state index in [0.717, 1.165) is 141 Å². The van der Waals surface area contributed by atoms with Crippen molar-refractivity contribution in [2.75, 3.05) is 26.4 Å². The molecular formula is C66H107O11P. The molecule has 0 heterocycles. The highest BCUT2D eigenvalue weighted by Gasteiger charge is 2.28. The van der Waals surface area contributed by atoms with Crippen molar-refractivity contribution in [3.8, 4) is 0 Å². The third-order valence-corrected chi connectivity index (χ3v) is 13.0. The Morgan fingerprint density at radius 3 is 1.01 bits per heavy atom. The molecule has 0 aliphatic rings. The molecule has 0 aliphatic heterocycles. The predicted octanol–water partition coefficient (Wildman–Crippen LogP) is 18.1. The highest BCUT2D eigenvalue weighted by atomic mass is 31.2. The Morgan fingerprint density at radius 1 is 0.359 bits per heavy atom. The van der Waals surface area contributed by atoms with Crippen molar-refractivity contribution < 1.29 is 52.2 Å². The van der Waals surface area contributed by atoms with E-state index in [1.165, 1.54) is 19.3 Å². The van der Waals surface area contributed by atoms with E-state index >= 15 is 0 Å². The lowest BCUT2D eigenvalue weighted by Crippen LogP contribution is -2.30. The van der Waals surface area contributed by atoms with Crippen LogP contribution in [0.2, 0.25) is 0 Å². The normalized spacial score (nSPS) is 14.3. The second-order valence-electron chi connectivity index (χ2n) is 19.4. The summed E-state index contributed by atoms with van der Waals surface area (Å²) in [5, 5.41) is 9.84. The molecule has 0 saturated carbocycles. The number of hydrogen-bond acceptors (Lipinski definition) is 10. The van der Waals surface area contributed by atoms with E-state index in [1.54, 1.807) is 0 Å². The minimum absolute atomic E-state index is 0.0794. The first-order valence-electron chi connectivity index (χ1n) is 30.1. The molecule has 0 aromatic rings. The predicted molar refractivity (Wildman–Crippen MR) is 325 cm³/mol. The molecule has 0 aromatic heterocycles. The van der Waals surface area contributed by atoms with Crippen LogP contribution in [0.5, 0.6) is 0 Å². The Balaban J connectivity index is 4.82. The van der Waals surface area contributed by atoms with Crippen molar-refractivity contribution >= 4 is 25.7 Å². The first-order valence-corrected chi connectivity index (χ1v) is 31.6. The van der Waals surface area contributed by atoms with Crippen molar-refractivity contribution in [1.82, 2.24) is 0 Å². The molecule has 0 saturated heterocycles. The average molecular weight is 1110 g/mol. The van der Waals surface area contributed by atoms with E-state index in [4.69, 9.17) is 23.3 Å². The quantitative estimate of drug-likeness (QED) is 0.0197. The van der Waals surface area contributed by atoms with Gasteiger partial charge in [0.25, 0.3) is 0 Å². The molecular weight excluding hydrogens is 1000 g/mol. The number of unbranched alkanes of at least 4 members (excludes halogenated alkanes) is 15. The summed E-state index contributed by atoms with van der Waals surface area (Å²) in [6, 6.07) is 0. The molecule has 0 fully saturated rings. The number of rotatable bonds is 54. The molecule has 0 aromatic carbocycles. The largest absolute Gasteiger partial charge is 0.472 e. The van der Waals surface area contributed by atoms with E-state index in [1.807, 2.05) is 12.2 Å². The fraction of sp³-hybridized carbons (Fsp3) is 0.621. The number of hydrogen-bond donors (Lipinski definition) is 2. The summed E-state index contributed by atoms with van der Waals surface area (Å²) in [5.74, 6) is -1.57. The zero-order chi connectivity index (χ0) is 56.9. The van der Waals surface area contributed by atoms with E-state index < -0.39 is 57.8 Å². The minimum Gasteiger partial charge on any atom is -0.462 e. The first kappa shape index (κ1) is 73.6.